The molecule has 0 aromatic heterocycles. The Morgan fingerprint density at radius 2 is 0.446 bits per heavy atom. The third-order valence-electron chi connectivity index (χ3n) is 18.0. The van der Waals surface area contributed by atoms with E-state index in [4.69, 9.17) is 0 Å². The Labute approximate surface area is 491 Å². The quantitative estimate of drug-likeness (QED) is 0.0842. The van der Waals surface area contributed by atoms with E-state index in [-0.39, 0.29) is 10.8 Å². The van der Waals surface area contributed by atoms with E-state index in [1.807, 2.05) is 0 Å². The lowest BCUT2D eigenvalue weighted by Crippen LogP contribution is -2.24. The molecule has 11 aromatic rings. The summed E-state index contributed by atoms with van der Waals surface area (Å²) in [5.41, 5.74) is 25.8. The number of fused-ring (bicyclic) bond motifs is 6. The van der Waals surface area contributed by atoms with Gasteiger partial charge in [-0.15, -0.1) is 0 Å². The van der Waals surface area contributed by atoms with Gasteiger partial charge in [-0.2, -0.15) is 0 Å². The van der Waals surface area contributed by atoms with Crippen molar-refractivity contribution in [3.63, 3.8) is 0 Å². The van der Waals surface area contributed by atoms with Crippen molar-refractivity contribution < 1.29 is 0 Å². The van der Waals surface area contributed by atoms with Gasteiger partial charge < -0.3 is 14.7 Å². The standard InChI is InChI=1S/C80H69N3/c1-5-79(6-2)75-54-60(36-34-58-38-44-67(45-39-58)81(62-24-14-9-15-25-62)63-26-16-10-17-27-63)42-50-71(75)73-52-48-69(56-77(73)79)83(66-32-22-13-23-33-66)70-49-53-74-72-51-43-61(55-76(72)80(7-3,8-4)78(74)57-70)37-35-59-40-46-68(47-41-59)82(64-28-18-11-19-29-64)65-30-20-12-21-31-65/h9-57H,5-8H2,1-4H3/b36-34+,37-35+. The lowest BCUT2D eigenvalue weighted by molar-refractivity contribution is 0.490. The van der Waals surface area contributed by atoms with Gasteiger partial charge in [0.15, 0.2) is 0 Å². The van der Waals surface area contributed by atoms with Crippen LogP contribution in [0.3, 0.4) is 0 Å². The molecule has 0 unspecified atom stereocenters. The van der Waals surface area contributed by atoms with Crippen LogP contribution in [0, 0.1) is 0 Å². The van der Waals surface area contributed by atoms with Gasteiger partial charge in [-0.25, -0.2) is 0 Å². The molecule has 0 fully saturated rings. The molecule has 0 spiro atoms. The van der Waals surface area contributed by atoms with Crippen molar-refractivity contribution in [1.29, 1.82) is 0 Å². The van der Waals surface area contributed by atoms with E-state index in [9.17, 15) is 0 Å². The zero-order valence-corrected chi connectivity index (χ0v) is 48.0. The molecule has 0 saturated carbocycles. The fourth-order valence-corrected chi connectivity index (χ4v) is 13.6. The number of hydrogen-bond donors (Lipinski definition) is 0. The number of nitrogens with zero attached hydrogens (tertiary/aromatic N) is 3. The van der Waals surface area contributed by atoms with E-state index in [0.717, 1.165) is 76.6 Å². The van der Waals surface area contributed by atoms with Gasteiger partial charge in [-0.3, -0.25) is 0 Å². The second kappa shape index (κ2) is 22.7. The van der Waals surface area contributed by atoms with Gasteiger partial charge in [0.1, 0.15) is 0 Å². The second-order valence-electron chi connectivity index (χ2n) is 22.2. The summed E-state index contributed by atoms with van der Waals surface area (Å²) in [5.74, 6) is 0. The molecule has 3 heteroatoms. The summed E-state index contributed by atoms with van der Waals surface area (Å²) in [6.45, 7) is 9.50. The maximum atomic E-state index is 2.52. The van der Waals surface area contributed by atoms with Gasteiger partial charge in [-0.1, -0.05) is 216 Å². The maximum Gasteiger partial charge on any atom is 0.0465 e. The molecule has 0 aliphatic heterocycles. The summed E-state index contributed by atoms with van der Waals surface area (Å²) in [4.78, 5) is 7.11. The monoisotopic (exact) mass is 1070 g/mol. The predicted octanol–water partition coefficient (Wildman–Crippen LogP) is 22.6. The summed E-state index contributed by atoms with van der Waals surface area (Å²) in [7, 11) is 0. The summed E-state index contributed by atoms with van der Waals surface area (Å²) in [6, 6.07) is 100.0. The van der Waals surface area contributed by atoms with Crippen molar-refractivity contribution in [3.8, 4) is 22.3 Å². The van der Waals surface area contributed by atoms with Crippen molar-refractivity contribution >= 4 is 75.5 Å². The fraction of sp³-hybridized carbons (Fsp3) is 0.125. The molecule has 0 bridgehead atoms. The van der Waals surface area contributed by atoms with Crippen molar-refractivity contribution in [2.75, 3.05) is 14.7 Å². The van der Waals surface area contributed by atoms with E-state index < -0.39 is 0 Å². The van der Waals surface area contributed by atoms with Crippen LogP contribution in [-0.2, 0) is 10.8 Å². The molecule has 0 atom stereocenters. The Hall–Kier alpha value is -9.70. The molecular weight excluding hydrogens is 1000 g/mol. The maximum absolute atomic E-state index is 2.52. The predicted molar refractivity (Wildman–Crippen MR) is 355 cm³/mol. The van der Waals surface area contributed by atoms with Crippen molar-refractivity contribution in [2.45, 2.75) is 64.2 Å². The Balaban J connectivity index is 0.787. The normalized spacial score (nSPS) is 13.3. The Bertz CT molecular complexity index is 3770. The topological polar surface area (TPSA) is 9.72 Å². The molecule has 13 rings (SSSR count). The minimum absolute atomic E-state index is 0.131. The molecule has 83 heavy (non-hydrogen) atoms. The first kappa shape index (κ1) is 52.7. The zero-order chi connectivity index (χ0) is 56.3. The van der Waals surface area contributed by atoms with Gasteiger partial charge in [0.2, 0.25) is 0 Å². The van der Waals surface area contributed by atoms with Crippen LogP contribution in [0.1, 0.15) is 97.9 Å². The number of rotatable bonds is 17. The zero-order valence-electron chi connectivity index (χ0n) is 48.0. The highest BCUT2D eigenvalue weighted by Crippen LogP contribution is 2.57. The molecule has 0 heterocycles. The van der Waals surface area contributed by atoms with Crippen LogP contribution < -0.4 is 14.7 Å². The molecule has 0 amide bonds. The first-order valence-electron chi connectivity index (χ1n) is 29.7. The molecule has 0 saturated heterocycles. The third kappa shape index (κ3) is 9.66. The van der Waals surface area contributed by atoms with Crippen molar-refractivity contribution in [1.82, 2.24) is 0 Å². The van der Waals surface area contributed by atoms with Crippen LogP contribution in [0.25, 0.3) is 46.6 Å². The minimum atomic E-state index is -0.131. The molecular formula is C80H69N3. The highest BCUT2D eigenvalue weighted by atomic mass is 15.2. The lowest BCUT2D eigenvalue weighted by Gasteiger charge is -2.33. The second-order valence-corrected chi connectivity index (χ2v) is 22.2. The van der Waals surface area contributed by atoms with Crippen molar-refractivity contribution in [2.24, 2.45) is 0 Å². The summed E-state index contributed by atoms with van der Waals surface area (Å²) < 4.78 is 0. The average molecular weight is 1070 g/mol. The van der Waals surface area contributed by atoms with Crippen LogP contribution in [0.2, 0.25) is 0 Å². The fourth-order valence-electron chi connectivity index (χ4n) is 13.6. The van der Waals surface area contributed by atoms with Gasteiger partial charge in [0, 0.05) is 62.0 Å². The number of hydrogen-bond acceptors (Lipinski definition) is 3. The summed E-state index contributed by atoms with van der Waals surface area (Å²) in [5, 5.41) is 0. The van der Waals surface area contributed by atoms with Crippen LogP contribution in [0.15, 0.2) is 273 Å². The van der Waals surface area contributed by atoms with E-state index in [1.54, 1.807) is 0 Å². The molecule has 2 aliphatic rings. The molecule has 0 N–H and O–H groups in total. The molecule has 11 aromatic carbocycles. The Kier molecular flexibility index (Phi) is 14.4. The van der Waals surface area contributed by atoms with Gasteiger partial charge in [0.25, 0.3) is 0 Å². The number of para-hydroxylation sites is 5. The number of anilines is 9. The molecule has 2 aliphatic carbocycles. The van der Waals surface area contributed by atoms with E-state index in [0.29, 0.717) is 0 Å². The largest absolute Gasteiger partial charge is 0.311 e. The third-order valence-corrected chi connectivity index (χ3v) is 18.0. The van der Waals surface area contributed by atoms with Crippen LogP contribution >= 0.6 is 0 Å². The number of benzene rings is 11. The molecule has 404 valence electrons. The van der Waals surface area contributed by atoms with E-state index >= 15 is 0 Å². The highest BCUT2D eigenvalue weighted by Gasteiger charge is 2.43. The SMILES string of the molecule is CCC1(CC)c2cc(/C=C/c3ccc(N(c4ccccc4)c4ccccc4)cc3)ccc2-c2ccc(N(c3ccccc3)c3ccc4c(c3)C(CC)(CC)c3cc(/C=C/c5ccc(N(c6ccccc6)c6ccccc6)cc5)ccc3-4)cc21. The highest BCUT2D eigenvalue weighted by molar-refractivity contribution is 5.90. The Morgan fingerprint density at radius 3 is 0.735 bits per heavy atom. The first-order chi connectivity index (χ1) is 40.9. The van der Waals surface area contributed by atoms with Gasteiger partial charge >= 0.3 is 0 Å². The first-order valence-corrected chi connectivity index (χ1v) is 29.7. The van der Waals surface area contributed by atoms with E-state index in [2.05, 4.69) is 340 Å². The Morgan fingerprint density at radius 1 is 0.229 bits per heavy atom. The minimum Gasteiger partial charge on any atom is -0.311 e. The van der Waals surface area contributed by atoms with Crippen LogP contribution in [-0.4, -0.2) is 0 Å². The molecule has 0 radical (unpaired) electrons. The van der Waals surface area contributed by atoms with Crippen LogP contribution in [0.4, 0.5) is 51.2 Å². The van der Waals surface area contributed by atoms with E-state index in [1.165, 1.54) is 67.0 Å². The van der Waals surface area contributed by atoms with Gasteiger partial charge in [0.05, 0.1) is 0 Å². The van der Waals surface area contributed by atoms with Crippen molar-refractivity contribution in [3.05, 3.63) is 317 Å². The molecule has 3 nitrogen and oxygen atoms in total. The van der Waals surface area contributed by atoms with Crippen LogP contribution in [0.5, 0.6) is 0 Å². The smallest absolute Gasteiger partial charge is 0.0465 e. The summed E-state index contributed by atoms with van der Waals surface area (Å²) >= 11 is 0. The summed E-state index contributed by atoms with van der Waals surface area (Å²) in [6.07, 6.45) is 13.1. The average Bonchev–Trinajstić information content (AvgIpc) is 3.11. The van der Waals surface area contributed by atoms with Gasteiger partial charge in [-0.05, 0) is 202 Å². The lowest BCUT2D eigenvalue weighted by atomic mass is 9.73.